The van der Waals surface area contributed by atoms with Crippen LogP contribution < -0.4 is 4.72 Å². The van der Waals surface area contributed by atoms with Gasteiger partial charge >= 0.3 is 0 Å². The van der Waals surface area contributed by atoms with Gasteiger partial charge < -0.3 is 0 Å². The van der Waals surface area contributed by atoms with E-state index < -0.39 is 15.8 Å². The number of nitrogens with one attached hydrogen (secondary N) is 1. The van der Waals surface area contributed by atoms with Gasteiger partial charge in [0.15, 0.2) is 0 Å². The molecule has 0 spiro atoms. The van der Waals surface area contributed by atoms with Crippen LogP contribution in [0.4, 0.5) is 10.1 Å². The molecular formula is C13H10Cl2FNO2S. The lowest BCUT2D eigenvalue weighted by atomic mass is 10.2. The van der Waals surface area contributed by atoms with Crippen LogP contribution in [0.15, 0.2) is 41.3 Å². The third-order valence-electron chi connectivity index (χ3n) is 2.63. The molecule has 0 radical (unpaired) electrons. The number of halogens is 3. The van der Waals surface area contributed by atoms with Crippen LogP contribution in [0, 0.1) is 12.7 Å². The van der Waals surface area contributed by atoms with E-state index in [0.717, 1.165) is 17.7 Å². The zero-order chi connectivity index (χ0) is 14.9. The van der Waals surface area contributed by atoms with Crippen LogP contribution in [0.1, 0.15) is 5.56 Å². The largest absolute Gasteiger partial charge is 0.278 e. The van der Waals surface area contributed by atoms with Crippen LogP contribution in [0.2, 0.25) is 10.0 Å². The molecule has 2 aromatic rings. The molecule has 1 N–H and O–H groups in total. The van der Waals surface area contributed by atoms with E-state index >= 15 is 0 Å². The zero-order valence-electron chi connectivity index (χ0n) is 10.3. The number of hydrogen-bond donors (Lipinski definition) is 1. The maximum Gasteiger partial charge on any atom is 0.261 e. The monoisotopic (exact) mass is 333 g/mol. The highest BCUT2D eigenvalue weighted by molar-refractivity contribution is 7.92. The van der Waals surface area contributed by atoms with Crippen LogP contribution >= 0.6 is 23.2 Å². The molecule has 7 heteroatoms. The molecule has 0 aromatic heterocycles. The van der Waals surface area contributed by atoms with Crippen molar-refractivity contribution in [3.8, 4) is 0 Å². The van der Waals surface area contributed by atoms with Crippen molar-refractivity contribution < 1.29 is 12.8 Å². The van der Waals surface area contributed by atoms with Crippen molar-refractivity contribution >= 4 is 38.9 Å². The fraction of sp³-hybridized carbons (Fsp3) is 0.0769. The van der Waals surface area contributed by atoms with Crippen molar-refractivity contribution in [1.29, 1.82) is 0 Å². The summed E-state index contributed by atoms with van der Waals surface area (Å²) >= 11 is 11.7. The van der Waals surface area contributed by atoms with Gasteiger partial charge in [-0.3, -0.25) is 4.72 Å². The molecule has 0 saturated carbocycles. The number of sulfonamides is 1. The van der Waals surface area contributed by atoms with E-state index in [1.807, 2.05) is 0 Å². The number of rotatable bonds is 3. The third-order valence-corrected chi connectivity index (χ3v) is 4.71. The SMILES string of the molecule is Cc1ccc(S(=O)(=O)Nc2ccc(F)cc2Cl)cc1Cl. The van der Waals surface area contributed by atoms with E-state index in [1.54, 1.807) is 13.0 Å². The number of benzene rings is 2. The Morgan fingerprint density at radius 2 is 1.75 bits per heavy atom. The predicted octanol–water partition coefficient (Wildman–Crippen LogP) is 4.24. The molecule has 20 heavy (non-hydrogen) atoms. The van der Waals surface area contributed by atoms with Gasteiger partial charge in [0.2, 0.25) is 0 Å². The van der Waals surface area contributed by atoms with Gasteiger partial charge in [0, 0.05) is 5.02 Å². The van der Waals surface area contributed by atoms with Crippen molar-refractivity contribution in [3.63, 3.8) is 0 Å². The van der Waals surface area contributed by atoms with Crippen molar-refractivity contribution in [1.82, 2.24) is 0 Å². The zero-order valence-corrected chi connectivity index (χ0v) is 12.7. The maximum atomic E-state index is 12.9. The molecule has 2 aromatic carbocycles. The van der Waals surface area contributed by atoms with Crippen LogP contribution in [0.3, 0.4) is 0 Å². The summed E-state index contributed by atoms with van der Waals surface area (Å²) in [5, 5.41) is 0.324. The molecular weight excluding hydrogens is 324 g/mol. The fourth-order valence-corrected chi connectivity index (χ4v) is 3.14. The molecule has 2 rings (SSSR count). The van der Waals surface area contributed by atoms with Crippen molar-refractivity contribution in [2.45, 2.75) is 11.8 Å². The summed E-state index contributed by atoms with van der Waals surface area (Å²) in [6.45, 7) is 1.77. The average Bonchev–Trinajstić information content (AvgIpc) is 2.36. The Balaban J connectivity index is 2.38. The topological polar surface area (TPSA) is 46.2 Å². The number of hydrogen-bond acceptors (Lipinski definition) is 2. The average molecular weight is 334 g/mol. The van der Waals surface area contributed by atoms with Crippen molar-refractivity contribution in [2.24, 2.45) is 0 Å². The van der Waals surface area contributed by atoms with Crippen LogP contribution in [0.5, 0.6) is 0 Å². The molecule has 0 aliphatic carbocycles. The summed E-state index contributed by atoms with van der Waals surface area (Å²) in [5.74, 6) is -0.545. The Morgan fingerprint density at radius 1 is 1.05 bits per heavy atom. The second kappa shape index (κ2) is 5.60. The minimum absolute atomic E-state index is 0.00786. The second-order valence-electron chi connectivity index (χ2n) is 4.14. The maximum absolute atomic E-state index is 12.9. The Hall–Kier alpha value is -1.30. The Labute approximate surface area is 126 Å². The Kier molecular flexibility index (Phi) is 4.22. The number of anilines is 1. The van der Waals surface area contributed by atoms with Gasteiger partial charge in [-0.05, 0) is 42.8 Å². The summed E-state index contributed by atoms with van der Waals surface area (Å²) in [6, 6.07) is 7.78. The molecule has 3 nitrogen and oxygen atoms in total. The van der Waals surface area contributed by atoms with Gasteiger partial charge in [-0.2, -0.15) is 0 Å². The Bertz CT molecular complexity index is 763. The first-order chi connectivity index (χ1) is 9.29. The van der Waals surface area contributed by atoms with E-state index in [-0.39, 0.29) is 15.6 Å². The molecule has 0 amide bonds. The van der Waals surface area contributed by atoms with Crippen LogP contribution in [-0.4, -0.2) is 8.42 Å². The second-order valence-corrected chi connectivity index (χ2v) is 6.64. The van der Waals surface area contributed by atoms with Gasteiger partial charge in [0.05, 0.1) is 15.6 Å². The third kappa shape index (κ3) is 3.23. The van der Waals surface area contributed by atoms with E-state index in [4.69, 9.17) is 23.2 Å². The molecule has 106 valence electrons. The van der Waals surface area contributed by atoms with E-state index in [1.165, 1.54) is 18.2 Å². The van der Waals surface area contributed by atoms with E-state index in [2.05, 4.69) is 4.72 Å². The standard InChI is InChI=1S/C13H10Cl2FNO2S/c1-8-2-4-10(7-11(8)14)20(18,19)17-13-5-3-9(16)6-12(13)15/h2-7,17H,1H3. The number of aryl methyl sites for hydroxylation is 1. The van der Waals surface area contributed by atoms with E-state index in [0.29, 0.717) is 5.02 Å². The van der Waals surface area contributed by atoms with Crippen molar-refractivity contribution in [2.75, 3.05) is 4.72 Å². The van der Waals surface area contributed by atoms with Gasteiger partial charge in [-0.1, -0.05) is 29.3 Å². The highest BCUT2D eigenvalue weighted by atomic mass is 35.5. The smallest absolute Gasteiger partial charge is 0.261 e. The minimum atomic E-state index is -3.83. The van der Waals surface area contributed by atoms with Crippen LogP contribution in [-0.2, 0) is 10.0 Å². The van der Waals surface area contributed by atoms with Gasteiger partial charge in [0.1, 0.15) is 5.82 Å². The predicted molar refractivity (Wildman–Crippen MR) is 78.4 cm³/mol. The summed E-state index contributed by atoms with van der Waals surface area (Å²) in [6.07, 6.45) is 0. The van der Waals surface area contributed by atoms with Crippen molar-refractivity contribution in [3.05, 3.63) is 57.8 Å². The lowest BCUT2D eigenvalue weighted by Crippen LogP contribution is -2.13. The first-order valence-corrected chi connectivity index (χ1v) is 7.77. The minimum Gasteiger partial charge on any atom is -0.278 e. The molecule has 0 saturated heterocycles. The van der Waals surface area contributed by atoms with Gasteiger partial charge in [-0.25, -0.2) is 12.8 Å². The molecule has 0 aliphatic rings. The van der Waals surface area contributed by atoms with Gasteiger partial charge in [-0.15, -0.1) is 0 Å². The van der Waals surface area contributed by atoms with Gasteiger partial charge in [0.25, 0.3) is 10.0 Å². The van der Waals surface area contributed by atoms with E-state index in [9.17, 15) is 12.8 Å². The first-order valence-electron chi connectivity index (χ1n) is 5.53. The fourth-order valence-electron chi connectivity index (χ4n) is 1.52. The molecule has 0 bridgehead atoms. The Morgan fingerprint density at radius 3 is 2.35 bits per heavy atom. The summed E-state index contributed by atoms with van der Waals surface area (Å²) in [4.78, 5) is 0.00786. The highest BCUT2D eigenvalue weighted by Crippen LogP contribution is 2.26. The molecule has 0 atom stereocenters. The summed E-state index contributed by atoms with van der Waals surface area (Å²) in [5.41, 5.74) is 0.871. The highest BCUT2D eigenvalue weighted by Gasteiger charge is 2.17. The first kappa shape index (κ1) is 15.1. The molecule has 0 fully saturated rings. The molecule has 0 heterocycles. The quantitative estimate of drug-likeness (QED) is 0.912. The summed E-state index contributed by atoms with van der Waals surface area (Å²) in [7, 11) is -3.83. The van der Waals surface area contributed by atoms with Crippen LogP contribution in [0.25, 0.3) is 0 Å². The summed E-state index contributed by atoms with van der Waals surface area (Å²) < 4.78 is 39.6. The normalized spacial score (nSPS) is 11.4. The lowest BCUT2D eigenvalue weighted by Gasteiger charge is -2.10. The molecule has 0 unspecified atom stereocenters. The molecule has 0 aliphatic heterocycles. The lowest BCUT2D eigenvalue weighted by molar-refractivity contribution is 0.601.